The summed E-state index contributed by atoms with van der Waals surface area (Å²) in [5.74, 6) is 0.485. The highest BCUT2D eigenvalue weighted by molar-refractivity contribution is 5.75. The van der Waals surface area contributed by atoms with Crippen LogP contribution in [0.1, 0.15) is 23.5 Å². The van der Waals surface area contributed by atoms with Crippen LogP contribution in [0.4, 0.5) is 10.5 Å². The number of aryl methyl sites for hydroxylation is 1. The summed E-state index contributed by atoms with van der Waals surface area (Å²) in [4.78, 5) is 16.8. The molecule has 1 aliphatic carbocycles. The van der Waals surface area contributed by atoms with Gasteiger partial charge in [0, 0.05) is 43.8 Å². The van der Waals surface area contributed by atoms with Gasteiger partial charge >= 0.3 is 6.03 Å². The molecule has 0 aromatic heterocycles. The van der Waals surface area contributed by atoms with E-state index < -0.39 is 0 Å². The molecule has 1 N–H and O–H groups in total. The minimum absolute atomic E-state index is 0.0901. The first kappa shape index (κ1) is 16.0. The molecule has 4 rings (SSSR count). The molecule has 0 bridgehead atoms. The number of hydrogen-bond acceptors (Lipinski definition) is 2. The zero-order valence-electron chi connectivity index (χ0n) is 14.7. The summed E-state index contributed by atoms with van der Waals surface area (Å²) in [5, 5.41) is 3.20. The third-order valence-corrected chi connectivity index (χ3v) is 5.26. The van der Waals surface area contributed by atoms with Crippen LogP contribution in [0, 0.1) is 6.92 Å². The van der Waals surface area contributed by atoms with Gasteiger partial charge in [0.05, 0.1) is 0 Å². The molecule has 0 spiro atoms. The maximum atomic E-state index is 12.5. The molecule has 1 saturated heterocycles. The summed E-state index contributed by atoms with van der Waals surface area (Å²) in [6.45, 7) is 5.46. The number of rotatable bonds is 3. The molecule has 0 radical (unpaired) electrons. The fourth-order valence-corrected chi connectivity index (χ4v) is 3.67. The van der Waals surface area contributed by atoms with Crippen molar-refractivity contribution in [2.75, 3.05) is 31.1 Å². The summed E-state index contributed by atoms with van der Waals surface area (Å²) in [7, 11) is 0. The van der Waals surface area contributed by atoms with Crippen molar-refractivity contribution in [3.8, 4) is 0 Å². The lowest BCUT2D eigenvalue weighted by atomic mass is 10.1. The first-order chi connectivity index (χ1) is 12.2. The number of nitrogens with one attached hydrogen (secondary N) is 1. The van der Waals surface area contributed by atoms with Crippen molar-refractivity contribution < 1.29 is 4.79 Å². The van der Waals surface area contributed by atoms with Crippen LogP contribution < -0.4 is 10.2 Å². The molecule has 1 heterocycles. The minimum atomic E-state index is 0.0901. The molecule has 4 heteroatoms. The van der Waals surface area contributed by atoms with E-state index in [0.717, 1.165) is 32.6 Å². The van der Waals surface area contributed by atoms with Crippen LogP contribution in [0.2, 0.25) is 0 Å². The average Bonchev–Trinajstić information content (AvgIpc) is 3.42. The van der Waals surface area contributed by atoms with Gasteiger partial charge in [-0.25, -0.2) is 4.79 Å². The molecule has 2 amide bonds. The van der Waals surface area contributed by atoms with Crippen molar-refractivity contribution in [1.29, 1.82) is 0 Å². The highest BCUT2D eigenvalue weighted by atomic mass is 16.2. The number of carbonyl (C=O) groups is 1. The highest BCUT2D eigenvalue weighted by Crippen LogP contribution is 2.40. The average molecular weight is 335 g/mol. The Bertz CT molecular complexity index is 738. The second-order valence-corrected chi connectivity index (χ2v) is 7.12. The number of nitrogens with zero attached hydrogens (tertiary/aromatic N) is 2. The van der Waals surface area contributed by atoms with Gasteiger partial charge in [0.15, 0.2) is 0 Å². The van der Waals surface area contributed by atoms with Crippen molar-refractivity contribution >= 4 is 11.7 Å². The Kier molecular flexibility index (Phi) is 4.35. The number of piperazine rings is 1. The molecule has 4 nitrogen and oxygen atoms in total. The van der Waals surface area contributed by atoms with Gasteiger partial charge in [0.25, 0.3) is 0 Å². The summed E-state index contributed by atoms with van der Waals surface area (Å²) >= 11 is 0. The second kappa shape index (κ2) is 6.79. The smallest absolute Gasteiger partial charge is 0.317 e. The monoisotopic (exact) mass is 335 g/mol. The Morgan fingerprint density at radius 3 is 2.48 bits per heavy atom. The van der Waals surface area contributed by atoms with E-state index in [1.165, 1.54) is 16.8 Å². The fourth-order valence-electron chi connectivity index (χ4n) is 3.67. The predicted molar refractivity (Wildman–Crippen MR) is 101 cm³/mol. The topological polar surface area (TPSA) is 35.6 Å². The molecule has 2 atom stereocenters. The van der Waals surface area contributed by atoms with E-state index in [0.29, 0.717) is 12.0 Å². The molecule has 25 heavy (non-hydrogen) atoms. The van der Waals surface area contributed by atoms with Gasteiger partial charge in [-0.05, 0) is 36.6 Å². The SMILES string of the molecule is Cc1cccc(N2CCN(C(=O)NC3CC3c3ccccc3)CC2)c1. The fraction of sp³-hybridized carbons (Fsp3) is 0.381. The number of benzene rings is 2. The number of hydrogen-bond donors (Lipinski definition) is 1. The molecule has 1 aliphatic heterocycles. The van der Waals surface area contributed by atoms with Crippen LogP contribution in [0.5, 0.6) is 0 Å². The lowest BCUT2D eigenvalue weighted by molar-refractivity contribution is 0.193. The molecule has 2 aliphatic rings. The number of anilines is 1. The molecule has 2 aromatic rings. The van der Waals surface area contributed by atoms with E-state index in [1.54, 1.807) is 0 Å². The van der Waals surface area contributed by atoms with Crippen molar-refractivity contribution in [2.45, 2.75) is 25.3 Å². The van der Waals surface area contributed by atoms with Gasteiger partial charge < -0.3 is 15.1 Å². The summed E-state index contributed by atoms with van der Waals surface area (Å²) in [5.41, 5.74) is 3.86. The van der Waals surface area contributed by atoms with Crippen LogP contribution in [-0.2, 0) is 0 Å². The Morgan fingerprint density at radius 1 is 1.00 bits per heavy atom. The standard InChI is InChI=1S/C21H25N3O/c1-16-6-5-9-18(14-16)23-10-12-24(13-11-23)21(25)22-20-15-19(20)17-7-3-2-4-8-17/h2-9,14,19-20H,10-13,15H2,1H3,(H,22,25). The van der Waals surface area contributed by atoms with Gasteiger partial charge in [-0.3, -0.25) is 0 Å². The zero-order chi connectivity index (χ0) is 17.2. The molecule has 2 unspecified atom stereocenters. The van der Waals surface area contributed by atoms with Gasteiger partial charge in [-0.15, -0.1) is 0 Å². The molecular weight excluding hydrogens is 310 g/mol. The normalized spacial score (nSPS) is 22.6. The van der Waals surface area contributed by atoms with Crippen molar-refractivity contribution in [2.24, 2.45) is 0 Å². The molecule has 1 saturated carbocycles. The van der Waals surface area contributed by atoms with Gasteiger partial charge in [-0.2, -0.15) is 0 Å². The Morgan fingerprint density at radius 2 is 1.76 bits per heavy atom. The molecular formula is C21H25N3O. The van der Waals surface area contributed by atoms with E-state index in [-0.39, 0.29) is 6.03 Å². The summed E-state index contributed by atoms with van der Waals surface area (Å²) < 4.78 is 0. The van der Waals surface area contributed by atoms with Gasteiger partial charge in [0.2, 0.25) is 0 Å². The lowest BCUT2D eigenvalue weighted by Crippen LogP contribution is -2.52. The first-order valence-electron chi connectivity index (χ1n) is 9.13. The molecule has 130 valence electrons. The first-order valence-corrected chi connectivity index (χ1v) is 9.13. The van der Waals surface area contributed by atoms with E-state index in [9.17, 15) is 4.79 Å². The van der Waals surface area contributed by atoms with Gasteiger partial charge in [0.1, 0.15) is 0 Å². The Hall–Kier alpha value is -2.49. The quantitative estimate of drug-likeness (QED) is 0.933. The summed E-state index contributed by atoms with van der Waals surface area (Å²) in [6.07, 6.45) is 1.05. The Labute approximate surface area is 149 Å². The van der Waals surface area contributed by atoms with Crippen LogP contribution in [0.25, 0.3) is 0 Å². The predicted octanol–water partition coefficient (Wildman–Crippen LogP) is 3.38. The number of amides is 2. The molecule has 2 aromatic carbocycles. The summed E-state index contributed by atoms with van der Waals surface area (Å²) in [6, 6.07) is 19.4. The maximum Gasteiger partial charge on any atom is 0.317 e. The van der Waals surface area contributed by atoms with Crippen molar-refractivity contribution in [3.05, 3.63) is 65.7 Å². The van der Waals surface area contributed by atoms with Crippen LogP contribution >= 0.6 is 0 Å². The number of carbonyl (C=O) groups excluding carboxylic acids is 1. The van der Waals surface area contributed by atoms with E-state index in [2.05, 4.69) is 65.7 Å². The zero-order valence-corrected chi connectivity index (χ0v) is 14.7. The number of urea groups is 1. The maximum absolute atomic E-state index is 12.5. The largest absolute Gasteiger partial charge is 0.368 e. The molecule has 2 fully saturated rings. The van der Waals surface area contributed by atoms with Crippen LogP contribution in [0.3, 0.4) is 0 Å². The highest BCUT2D eigenvalue weighted by Gasteiger charge is 2.40. The van der Waals surface area contributed by atoms with Crippen LogP contribution in [0.15, 0.2) is 54.6 Å². The van der Waals surface area contributed by atoms with E-state index in [4.69, 9.17) is 0 Å². The second-order valence-electron chi connectivity index (χ2n) is 7.12. The van der Waals surface area contributed by atoms with Crippen molar-refractivity contribution in [1.82, 2.24) is 10.2 Å². The lowest BCUT2D eigenvalue weighted by Gasteiger charge is -2.36. The van der Waals surface area contributed by atoms with E-state index >= 15 is 0 Å². The van der Waals surface area contributed by atoms with Gasteiger partial charge in [-0.1, -0.05) is 42.5 Å². The van der Waals surface area contributed by atoms with Crippen LogP contribution in [-0.4, -0.2) is 43.2 Å². The van der Waals surface area contributed by atoms with Crippen molar-refractivity contribution in [3.63, 3.8) is 0 Å². The minimum Gasteiger partial charge on any atom is -0.368 e. The Balaban J connectivity index is 1.28. The third-order valence-electron chi connectivity index (χ3n) is 5.26. The van der Waals surface area contributed by atoms with E-state index in [1.807, 2.05) is 11.0 Å². The third kappa shape index (κ3) is 3.63.